The Morgan fingerprint density at radius 3 is 2.74 bits per heavy atom. The molecule has 0 aliphatic heterocycles. The topological polar surface area (TPSA) is 99.5 Å². The van der Waals surface area contributed by atoms with E-state index in [2.05, 4.69) is 26.3 Å². The van der Waals surface area contributed by atoms with Gasteiger partial charge in [-0.05, 0) is 61.6 Å². The maximum Gasteiger partial charge on any atom is 0.227 e. The minimum atomic E-state index is -0.495. The average Bonchev–Trinajstić information content (AvgIpc) is 3.31. The molecule has 5 rings (SSSR count). The number of anilines is 2. The summed E-state index contributed by atoms with van der Waals surface area (Å²) in [5, 5.41) is 13.7. The molecule has 0 saturated carbocycles. The van der Waals surface area contributed by atoms with E-state index in [9.17, 15) is 5.26 Å². The number of nitrogens with zero attached hydrogens (tertiary/aromatic N) is 4. The Kier molecular flexibility index (Phi) is 6.14. The van der Waals surface area contributed by atoms with Gasteiger partial charge >= 0.3 is 0 Å². The van der Waals surface area contributed by atoms with Crippen LogP contribution in [0.2, 0.25) is 5.02 Å². The van der Waals surface area contributed by atoms with E-state index in [1.165, 1.54) is 0 Å². The molecule has 0 bridgehead atoms. The number of methoxy groups -OCH3 is 1. The highest BCUT2D eigenvalue weighted by molar-refractivity contribution is 6.30. The number of nitriles is 1. The van der Waals surface area contributed by atoms with Crippen LogP contribution in [-0.4, -0.2) is 27.0 Å². The van der Waals surface area contributed by atoms with Crippen LogP contribution in [0.5, 0.6) is 5.75 Å². The molecule has 0 spiro atoms. The van der Waals surface area contributed by atoms with Crippen molar-refractivity contribution in [3.05, 3.63) is 82.4 Å². The highest BCUT2D eigenvalue weighted by Gasteiger charge is 2.40. The van der Waals surface area contributed by atoms with Crippen LogP contribution in [0.4, 0.5) is 11.6 Å². The van der Waals surface area contributed by atoms with Gasteiger partial charge in [0.05, 0.1) is 42.0 Å². The van der Waals surface area contributed by atoms with E-state index in [4.69, 9.17) is 21.3 Å². The number of imidazole rings is 1. The molecule has 35 heavy (non-hydrogen) atoms. The van der Waals surface area contributed by atoms with E-state index in [-0.39, 0.29) is 0 Å². The van der Waals surface area contributed by atoms with Gasteiger partial charge in [-0.25, -0.2) is 15.0 Å². The minimum Gasteiger partial charge on any atom is -0.496 e. The van der Waals surface area contributed by atoms with Gasteiger partial charge in [0, 0.05) is 29.2 Å². The number of halogens is 1. The van der Waals surface area contributed by atoms with Crippen LogP contribution in [0.1, 0.15) is 41.8 Å². The molecule has 0 radical (unpaired) electrons. The molecule has 0 amide bonds. The Morgan fingerprint density at radius 1 is 1.20 bits per heavy atom. The molecular weight excluding hydrogens is 460 g/mol. The van der Waals surface area contributed by atoms with Crippen molar-refractivity contribution in [2.75, 3.05) is 12.4 Å². The molecule has 176 valence electrons. The van der Waals surface area contributed by atoms with Crippen LogP contribution in [0, 0.1) is 18.3 Å². The quantitative estimate of drug-likeness (QED) is 0.342. The van der Waals surface area contributed by atoms with Crippen molar-refractivity contribution < 1.29 is 4.74 Å². The normalized spacial score (nSPS) is 16.9. The number of ether oxygens (including phenoxy) is 1. The molecule has 2 aromatic carbocycles. The molecule has 7 nitrogen and oxygen atoms in total. The van der Waals surface area contributed by atoms with Crippen molar-refractivity contribution >= 4 is 23.2 Å². The Morgan fingerprint density at radius 2 is 2.03 bits per heavy atom. The number of hydrogen-bond acceptors (Lipinski definition) is 6. The highest BCUT2D eigenvalue weighted by Crippen LogP contribution is 2.44. The van der Waals surface area contributed by atoms with Gasteiger partial charge in [-0.15, -0.1) is 0 Å². The number of aryl methyl sites for hydroxylation is 2. The molecule has 2 aromatic heterocycles. The predicted octanol–water partition coefficient (Wildman–Crippen LogP) is 6.12. The number of aromatic nitrogens is 4. The molecule has 2 heterocycles. The molecule has 1 atom stereocenters. The highest BCUT2D eigenvalue weighted by atomic mass is 35.5. The number of hydrogen-bond donors (Lipinski definition) is 2. The van der Waals surface area contributed by atoms with Crippen molar-refractivity contribution in [2.45, 2.75) is 38.0 Å². The van der Waals surface area contributed by atoms with E-state index in [1.54, 1.807) is 7.11 Å². The lowest BCUT2D eigenvalue weighted by Crippen LogP contribution is -2.33. The van der Waals surface area contributed by atoms with E-state index < -0.39 is 5.41 Å². The van der Waals surface area contributed by atoms with Gasteiger partial charge < -0.3 is 15.0 Å². The fourth-order valence-electron chi connectivity index (χ4n) is 4.87. The van der Waals surface area contributed by atoms with Gasteiger partial charge in [0.2, 0.25) is 5.95 Å². The lowest BCUT2D eigenvalue weighted by Gasteiger charge is -2.37. The summed E-state index contributed by atoms with van der Waals surface area (Å²) in [6.07, 6.45) is 6.78. The summed E-state index contributed by atoms with van der Waals surface area (Å²) in [7, 11) is 1.64. The van der Waals surface area contributed by atoms with Crippen molar-refractivity contribution in [1.82, 2.24) is 19.9 Å². The Hall–Kier alpha value is -3.89. The summed E-state index contributed by atoms with van der Waals surface area (Å²) < 4.78 is 5.62. The molecule has 4 aromatic rings. The smallest absolute Gasteiger partial charge is 0.227 e. The molecule has 8 heteroatoms. The number of fused-ring (bicyclic) bond motifs is 1. The monoisotopic (exact) mass is 484 g/mol. The summed E-state index contributed by atoms with van der Waals surface area (Å²) in [6.45, 7) is 1.94. The van der Waals surface area contributed by atoms with Gasteiger partial charge in [-0.2, -0.15) is 5.26 Å². The maximum absolute atomic E-state index is 9.75. The van der Waals surface area contributed by atoms with Crippen molar-refractivity contribution in [1.29, 1.82) is 5.26 Å². The third kappa shape index (κ3) is 4.33. The lowest BCUT2D eigenvalue weighted by atomic mass is 9.67. The molecule has 0 fully saturated rings. The largest absolute Gasteiger partial charge is 0.496 e. The molecule has 1 aliphatic carbocycles. The summed E-state index contributed by atoms with van der Waals surface area (Å²) in [4.78, 5) is 17.2. The first-order chi connectivity index (χ1) is 17.0. The molecule has 1 aliphatic rings. The van der Waals surface area contributed by atoms with Crippen molar-refractivity contribution in [3.63, 3.8) is 0 Å². The van der Waals surface area contributed by atoms with Gasteiger partial charge in [0.1, 0.15) is 11.6 Å². The summed E-state index contributed by atoms with van der Waals surface area (Å²) in [5.41, 5.74) is 5.11. The number of benzene rings is 2. The van der Waals surface area contributed by atoms with Crippen molar-refractivity contribution in [3.8, 4) is 23.2 Å². The zero-order chi connectivity index (χ0) is 24.4. The molecule has 2 N–H and O–H groups in total. The van der Waals surface area contributed by atoms with E-state index in [0.29, 0.717) is 23.1 Å². The summed E-state index contributed by atoms with van der Waals surface area (Å²) in [6, 6.07) is 16.0. The average molecular weight is 485 g/mol. The number of rotatable bonds is 6. The Balaban J connectivity index is 1.51. The van der Waals surface area contributed by atoms with Crippen LogP contribution in [0.15, 0.2) is 54.9 Å². The third-order valence-electron chi connectivity index (χ3n) is 6.56. The van der Waals surface area contributed by atoms with Crippen molar-refractivity contribution in [2.24, 2.45) is 0 Å². The second-order valence-electron chi connectivity index (χ2n) is 8.78. The lowest BCUT2D eigenvalue weighted by molar-refractivity contribution is 0.416. The van der Waals surface area contributed by atoms with Gasteiger partial charge in [0.15, 0.2) is 0 Å². The fraction of sp³-hybridized carbons (Fsp3) is 0.259. The van der Waals surface area contributed by atoms with Crippen LogP contribution in [0.3, 0.4) is 0 Å². The second kappa shape index (κ2) is 9.40. The van der Waals surface area contributed by atoms with Crippen LogP contribution in [0.25, 0.3) is 11.4 Å². The van der Waals surface area contributed by atoms with Gasteiger partial charge in [-0.1, -0.05) is 23.7 Å². The van der Waals surface area contributed by atoms with Gasteiger partial charge in [0.25, 0.3) is 0 Å². The van der Waals surface area contributed by atoms with E-state index in [0.717, 1.165) is 58.9 Å². The standard InChI is InChI=1S/C27H25ClN6O/c1-17-15-30-25(32-17)22-10-9-21(14-23(22)35-2)33-26-31-16-18-4-3-11-27(12-13-29,24(18)34-26)19-5-7-20(28)8-6-19/h5-10,14-16H,3-4,11-12H2,1-2H3,(H,30,32)(H,31,33,34). The first-order valence-electron chi connectivity index (χ1n) is 11.5. The number of nitrogens with one attached hydrogen (secondary N) is 2. The minimum absolute atomic E-state index is 0.336. The van der Waals surface area contributed by atoms with Crippen LogP contribution >= 0.6 is 11.6 Å². The number of aromatic amines is 1. The second-order valence-corrected chi connectivity index (χ2v) is 9.21. The summed E-state index contributed by atoms with van der Waals surface area (Å²) >= 11 is 6.15. The van der Waals surface area contributed by atoms with Crippen LogP contribution < -0.4 is 10.1 Å². The first-order valence-corrected chi connectivity index (χ1v) is 11.9. The Labute approximate surface area is 209 Å². The fourth-order valence-corrected chi connectivity index (χ4v) is 4.99. The zero-order valence-corrected chi connectivity index (χ0v) is 20.4. The SMILES string of the molecule is COc1cc(Nc2ncc3c(n2)C(CC#N)(c2ccc(Cl)cc2)CCC3)ccc1-c1nc(C)c[nH]1. The third-order valence-corrected chi connectivity index (χ3v) is 6.82. The van der Waals surface area contributed by atoms with Gasteiger partial charge in [-0.3, -0.25) is 0 Å². The number of H-pyrrole nitrogens is 1. The maximum atomic E-state index is 9.75. The molecular formula is C27H25ClN6O. The van der Waals surface area contributed by atoms with E-state index >= 15 is 0 Å². The summed E-state index contributed by atoms with van der Waals surface area (Å²) in [5.74, 6) is 1.91. The van der Waals surface area contributed by atoms with Crippen LogP contribution in [-0.2, 0) is 11.8 Å². The molecule has 1 unspecified atom stereocenters. The predicted molar refractivity (Wildman–Crippen MR) is 136 cm³/mol. The zero-order valence-electron chi connectivity index (χ0n) is 19.6. The Bertz CT molecular complexity index is 1410. The first kappa shape index (κ1) is 22.9. The molecule has 0 saturated heterocycles. The van der Waals surface area contributed by atoms with E-state index in [1.807, 2.05) is 61.8 Å².